The molecule has 1 aromatic carbocycles. The lowest BCUT2D eigenvalue weighted by Crippen LogP contribution is -2.40. The highest BCUT2D eigenvalue weighted by Gasteiger charge is 2.20. The first-order valence-electron chi connectivity index (χ1n) is 12.4. The Morgan fingerprint density at radius 3 is 1.88 bits per heavy atom. The number of nitrogens with one attached hydrogen (secondary N) is 1. The monoisotopic (exact) mass is 453 g/mol. The first-order valence-corrected chi connectivity index (χ1v) is 12.4. The number of ether oxygens (including phenoxy) is 1. The van der Waals surface area contributed by atoms with Crippen molar-refractivity contribution in [3.8, 4) is 0 Å². The molecule has 32 heavy (non-hydrogen) atoms. The third-order valence-corrected chi connectivity index (χ3v) is 5.62. The number of rotatable bonds is 18. The Kier molecular flexibility index (Phi) is 15.4. The largest absolute Gasteiger partial charge is 0.464 e. The van der Waals surface area contributed by atoms with E-state index >= 15 is 0 Å². The van der Waals surface area contributed by atoms with Crippen molar-refractivity contribution < 1.29 is 23.1 Å². The minimum Gasteiger partial charge on any atom is -0.464 e. The van der Waals surface area contributed by atoms with Crippen LogP contribution in [0.15, 0.2) is 18.2 Å². The standard InChI is InChI=1S/C26H41F2NO3/c1-3-4-5-6-7-8-9-10-11-12-13-14-15-16-19-32-26(31)21(2)29-25(30)23-20-22(27)17-18-24(23)28/h17-18,20-21H,3-16,19H2,1-2H3,(H,29,30). The molecule has 0 aromatic heterocycles. The van der Waals surface area contributed by atoms with Crippen LogP contribution in [0.1, 0.15) is 114 Å². The second-order valence-electron chi connectivity index (χ2n) is 8.58. The van der Waals surface area contributed by atoms with Crippen LogP contribution >= 0.6 is 0 Å². The smallest absolute Gasteiger partial charge is 0.328 e. The van der Waals surface area contributed by atoms with Gasteiger partial charge in [-0.2, -0.15) is 0 Å². The van der Waals surface area contributed by atoms with Gasteiger partial charge in [0.25, 0.3) is 5.91 Å². The Morgan fingerprint density at radius 1 is 0.844 bits per heavy atom. The molecule has 1 N–H and O–H groups in total. The number of hydrogen-bond acceptors (Lipinski definition) is 3. The summed E-state index contributed by atoms with van der Waals surface area (Å²) in [6.45, 7) is 4.01. The van der Waals surface area contributed by atoms with Gasteiger partial charge in [0.15, 0.2) is 0 Å². The van der Waals surface area contributed by atoms with Gasteiger partial charge in [0.05, 0.1) is 12.2 Å². The molecule has 0 aliphatic rings. The normalized spacial score (nSPS) is 11.9. The van der Waals surface area contributed by atoms with Crippen molar-refractivity contribution in [1.82, 2.24) is 5.32 Å². The predicted molar refractivity (Wildman–Crippen MR) is 125 cm³/mol. The van der Waals surface area contributed by atoms with Gasteiger partial charge in [0, 0.05) is 0 Å². The predicted octanol–water partition coefficient (Wildman–Crippen LogP) is 7.11. The van der Waals surface area contributed by atoms with E-state index in [0.717, 1.165) is 37.5 Å². The molecule has 1 rings (SSSR count). The summed E-state index contributed by atoms with van der Waals surface area (Å²) >= 11 is 0. The van der Waals surface area contributed by atoms with Gasteiger partial charge in [-0.15, -0.1) is 0 Å². The van der Waals surface area contributed by atoms with Crippen LogP contribution in [0.4, 0.5) is 8.78 Å². The highest BCUT2D eigenvalue weighted by atomic mass is 19.1. The van der Waals surface area contributed by atoms with Crippen LogP contribution in [0.5, 0.6) is 0 Å². The first-order chi connectivity index (χ1) is 15.5. The summed E-state index contributed by atoms with van der Waals surface area (Å²) < 4.78 is 32.0. The number of hydrogen-bond donors (Lipinski definition) is 1. The van der Waals surface area contributed by atoms with Gasteiger partial charge >= 0.3 is 5.97 Å². The van der Waals surface area contributed by atoms with E-state index in [4.69, 9.17) is 4.74 Å². The zero-order valence-corrected chi connectivity index (χ0v) is 19.9. The van der Waals surface area contributed by atoms with Crippen LogP contribution in [0, 0.1) is 11.6 Å². The molecule has 1 aromatic rings. The molecule has 0 aliphatic carbocycles. The number of carbonyl (C=O) groups excluding carboxylic acids is 2. The molecule has 1 unspecified atom stereocenters. The maximum absolute atomic E-state index is 13.6. The fourth-order valence-corrected chi connectivity index (χ4v) is 3.60. The number of benzene rings is 1. The van der Waals surface area contributed by atoms with Crippen LogP contribution in [-0.4, -0.2) is 24.5 Å². The van der Waals surface area contributed by atoms with Crippen molar-refractivity contribution >= 4 is 11.9 Å². The van der Waals surface area contributed by atoms with E-state index in [9.17, 15) is 18.4 Å². The van der Waals surface area contributed by atoms with Gasteiger partial charge in [-0.05, 0) is 31.5 Å². The SMILES string of the molecule is CCCCCCCCCCCCCCCCOC(=O)C(C)NC(=O)c1cc(F)ccc1F. The van der Waals surface area contributed by atoms with Crippen molar-refractivity contribution in [3.05, 3.63) is 35.4 Å². The molecular weight excluding hydrogens is 412 g/mol. The van der Waals surface area contributed by atoms with E-state index in [1.54, 1.807) is 0 Å². The highest BCUT2D eigenvalue weighted by molar-refractivity contribution is 5.96. The minimum absolute atomic E-state index is 0.297. The Bertz CT molecular complexity index is 666. The summed E-state index contributed by atoms with van der Waals surface area (Å²) in [5.41, 5.74) is -0.434. The summed E-state index contributed by atoms with van der Waals surface area (Å²) in [5, 5.41) is 2.35. The Morgan fingerprint density at radius 2 is 1.34 bits per heavy atom. The van der Waals surface area contributed by atoms with Crippen LogP contribution in [0.2, 0.25) is 0 Å². The second-order valence-corrected chi connectivity index (χ2v) is 8.58. The van der Waals surface area contributed by atoms with Crippen molar-refractivity contribution in [2.45, 2.75) is 110 Å². The summed E-state index contributed by atoms with van der Waals surface area (Å²) in [6.07, 6.45) is 17.5. The van der Waals surface area contributed by atoms with Gasteiger partial charge in [-0.3, -0.25) is 4.79 Å². The molecule has 0 aliphatic heterocycles. The van der Waals surface area contributed by atoms with E-state index in [1.807, 2.05) is 0 Å². The summed E-state index contributed by atoms with van der Waals surface area (Å²) in [4.78, 5) is 24.0. The third-order valence-electron chi connectivity index (χ3n) is 5.62. The number of amides is 1. The molecule has 6 heteroatoms. The highest BCUT2D eigenvalue weighted by Crippen LogP contribution is 2.13. The molecule has 0 fully saturated rings. The van der Waals surface area contributed by atoms with Gasteiger partial charge < -0.3 is 10.1 Å². The molecule has 0 heterocycles. The zero-order valence-electron chi connectivity index (χ0n) is 19.9. The Hall–Kier alpha value is -1.98. The fourth-order valence-electron chi connectivity index (χ4n) is 3.60. The van der Waals surface area contributed by atoms with Crippen molar-refractivity contribution in [3.63, 3.8) is 0 Å². The van der Waals surface area contributed by atoms with Gasteiger partial charge in [-0.1, -0.05) is 90.4 Å². The number of unbranched alkanes of at least 4 members (excludes halogenated alkanes) is 13. The number of carbonyl (C=O) groups is 2. The molecule has 0 spiro atoms. The van der Waals surface area contributed by atoms with Crippen LogP contribution in [0.25, 0.3) is 0 Å². The molecule has 1 amide bonds. The Balaban J connectivity index is 2.00. The number of esters is 1. The van der Waals surface area contributed by atoms with E-state index in [-0.39, 0.29) is 0 Å². The van der Waals surface area contributed by atoms with Crippen LogP contribution in [0.3, 0.4) is 0 Å². The molecule has 182 valence electrons. The zero-order chi connectivity index (χ0) is 23.6. The van der Waals surface area contributed by atoms with Gasteiger partial charge in [0.2, 0.25) is 0 Å². The van der Waals surface area contributed by atoms with Crippen LogP contribution in [-0.2, 0) is 9.53 Å². The van der Waals surface area contributed by atoms with E-state index < -0.39 is 35.1 Å². The molecule has 0 radical (unpaired) electrons. The molecule has 1 atom stereocenters. The van der Waals surface area contributed by atoms with E-state index in [2.05, 4.69) is 12.2 Å². The quantitative estimate of drug-likeness (QED) is 0.190. The Labute approximate surface area is 192 Å². The van der Waals surface area contributed by atoms with Gasteiger partial charge in [0.1, 0.15) is 17.7 Å². The maximum Gasteiger partial charge on any atom is 0.328 e. The molecule has 0 saturated carbocycles. The lowest BCUT2D eigenvalue weighted by molar-refractivity contribution is -0.145. The minimum atomic E-state index is -0.934. The van der Waals surface area contributed by atoms with E-state index in [1.165, 1.54) is 77.6 Å². The summed E-state index contributed by atoms with van der Waals surface area (Å²) in [5.74, 6) is -2.98. The summed E-state index contributed by atoms with van der Waals surface area (Å²) in [7, 11) is 0. The molecule has 4 nitrogen and oxygen atoms in total. The fraction of sp³-hybridized carbons (Fsp3) is 0.692. The average Bonchev–Trinajstić information content (AvgIpc) is 2.77. The summed E-state index contributed by atoms with van der Waals surface area (Å²) in [6, 6.07) is 1.68. The average molecular weight is 454 g/mol. The second kappa shape index (κ2) is 17.6. The van der Waals surface area contributed by atoms with Crippen molar-refractivity contribution in [2.75, 3.05) is 6.61 Å². The first kappa shape index (κ1) is 28.1. The van der Waals surface area contributed by atoms with E-state index in [0.29, 0.717) is 6.61 Å². The van der Waals surface area contributed by atoms with Crippen molar-refractivity contribution in [1.29, 1.82) is 0 Å². The lowest BCUT2D eigenvalue weighted by Gasteiger charge is -2.14. The number of halogens is 2. The van der Waals surface area contributed by atoms with Gasteiger partial charge in [-0.25, -0.2) is 13.6 Å². The molecule has 0 bridgehead atoms. The van der Waals surface area contributed by atoms with Crippen molar-refractivity contribution in [2.24, 2.45) is 0 Å². The van der Waals surface area contributed by atoms with Crippen LogP contribution < -0.4 is 5.32 Å². The molecular formula is C26H41F2NO3. The molecule has 0 saturated heterocycles. The third kappa shape index (κ3) is 12.8. The lowest BCUT2D eigenvalue weighted by atomic mass is 10.0. The maximum atomic E-state index is 13.6. The topological polar surface area (TPSA) is 55.4 Å².